The lowest BCUT2D eigenvalue weighted by molar-refractivity contribution is 0.0906. The van der Waals surface area contributed by atoms with Gasteiger partial charge in [0.15, 0.2) is 0 Å². The number of nitrogens with two attached hydrogens (primary N) is 1. The molecule has 1 fully saturated rings. The molecule has 3 N–H and O–H groups in total. The van der Waals surface area contributed by atoms with Gasteiger partial charge in [0.1, 0.15) is 0 Å². The molecule has 2 rings (SSSR count). The maximum Gasteiger partial charge on any atom is 0.251 e. The summed E-state index contributed by atoms with van der Waals surface area (Å²) in [5, 5.41) is 2.80. The number of ether oxygens (including phenoxy) is 1. The van der Waals surface area contributed by atoms with Crippen molar-refractivity contribution < 1.29 is 9.53 Å². The largest absolute Gasteiger partial charge is 0.399 e. The Labute approximate surface area is 113 Å². The molecule has 18 heavy (non-hydrogen) atoms. The second-order valence-electron chi connectivity index (χ2n) is 4.40. The van der Waals surface area contributed by atoms with Crippen LogP contribution in [0.15, 0.2) is 24.3 Å². The standard InChI is InChI=1S/C13H18N2O2.ClH/c14-12-3-1-2-11(8-12)13(16)15-6-7-17-9-10-4-5-10;/h1-3,8,10H,4-7,9,14H2,(H,15,16);1H. The number of hydrogen-bond donors (Lipinski definition) is 2. The van der Waals surface area contributed by atoms with Gasteiger partial charge in [0, 0.05) is 24.4 Å². The van der Waals surface area contributed by atoms with Crippen molar-refractivity contribution in [3.05, 3.63) is 29.8 Å². The van der Waals surface area contributed by atoms with Crippen LogP contribution in [0, 0.1) is 5.92 Å². The predicted octanol–water partition coefficient (Wildman–Crippen LogP) is 1.85. The molecule has 1 aromatic rings. The van der Waals surface area contributed by atoms with Crippen molar-refractivity contribution in [3.63, 3.8) is 0 Å². The van der Waals surface area contributed by atoms with Crippen molar-refractivity contribution in [1.29, 1.82) is 0 Å². The third kappa shape index (κ3) is 4.94. The fraction of sp³-hybridized carbons (Fsp3) is 0.462. The average molecular weight is 271 g/mol. The quantitative estimate of drug-likeness (QED) is 0.612. The van der Waals surface area contributed by atoms with Gasteiger partial charge in [-0.3, -0.25) is 4.79 Å². The molecule has 100 valence electrons. The number of hydrogen-bond acceptors (Lipinski definition) is 3. The third-order valence-electron chi connectivity index (χ3n) is 2.73. The lowest BCUT2D eigenvalue weighted by atomic mass is 10.2. The molecule has 1 amide bonds. The Morgan fingerprint density at radius 1 is 1.44 bits per heavy atom. The van der Waals surface area contributed by atoms with Crippen LogP contribution >= 0.6 is 12.4 Å². The number of benzene rings is 1. The van der Waals surface area contributed by atoms with Crippen LogP contribution in [-0.2, 0) is 4.74 Å². The maximum atomic E-state index is 11.7. The topological polar surface area (TPSA) is 64.4 Å². The first kappa shape index (κ1) is 14.8. The van der Waals surface area contributed by atoms with Gasteiger partial charge in [-0.1, -0.05) is 6.07 Å². The number of nitrogen functional groups attached to an aromatic ring is 1. The van der Waals surface area contributed by atoms with Crippen LogP contribution in [0.2, 0.25) is 0 Å². The number of carbonyl (C=O) groups is 1. The molecule has 4 nitrogen and oxygen atoms in total. The number of nitrogens with one attached hydrogen (secondary N) is 1. The van der Waals surface area contributed by atoms with E-state index in [1.807, 2.05) is 0 Å². The normalized spacial score (nSPS) is 13.8. The summed E-state index contributed by atoms with van der Waals surface area (Å²) in [6.07, 6.45) is 2.57. The van der Waals surface area contributed by atoms with E-state index in [4.69, 9.17) is 10.5 Å². The van der Waals surface area contributed by atoms with Crippen LogP contribution < -0.4 is 11.1 Å². The first-order chi connectivity index (χ1) is 8.25. The highest BCUT2D eigenvalue weighted by Crippen LogP contribution is 2.28. The summed E-state index contributed by atoms with van der Waals surface area (Å²) >= 11 is 0. The zero-order valence-corrected chi connectivity index (χ0v) is 11.0. The van der Waals surface area contributed by atoms with Gasteiger partial charge in [0.25, 0.3) is 5.91 Å². The molecule has 0 bridgehead atoms. The Bertz CT molecular complexity index is 394. The van der Waals surface area contributed by atoms with Gasteiger partial charge in [-0.25, -0.2) is 0 Å². The molecular formula is C13H19ClN2O2. The molecule has 1 saturated carbocycles. The second kappa shape index (κ2) is 7.24. The molecule has 0 saturated heterocycles. The fourth-order valence-electron chi connectivity index (χ4n) is 1.55. The monoisotopic (exact) mass is 270 g/mol. The fourth-order valence-corrected chi connectivity index (χ4v) is 1.55. The molecule has 0 unspecified atom stereocenters. The number of anilines is 1. The molecule has 0 radical (unpaired) electrons. The van der Waals surface area contributed by atoms with Crippen molar-refractivity contribution in [1.82, 2.24) is 5.32 Å². The molecule has 5 heteroatoms. The van der Waals surface area contributed by atoms with E-state index in [1.54, 1.807) is 24.3 Å². The summed E-state index contributed by atoms with van der Waals surface area (Å²) in [6.45, 7) is 1.94. The first-order valence-corrected chi connectivity index (χ1v) is 5.97. The van der Waals surface area contributed by atoms with Crippen molar-refractivity contribution in [2.75, 3.05) is 25.5 Å². The van der Waals surface area contributed by atoms with Crippen LogP contribution in [0.4, 0.5) is 5.69 Å². The molecule has 0 aliphatic heterocycles. The van der Waals surface area contributed by atoms with E-state index >= 15 is 0 Å². The summed E-state index contributed by atoms with van der Waals surface area (Å²) < 4.78 is 5.43. The van der Waals surface area contributed by atoms with Crippen LogP contribution in [0.3, 0.4) is 0 Å². The van der Waals surface area contributed by atoms with Gasteiger partial charge >= 0.3 is 0 Å². The van der Waals surface area contributed by atoms with E-state index in [1.165, 1.54) is 12.8 Å². The van der Waals surface area contributed by atoms with Gasteiger partial charge in [-0.05, 0) is 37.0 Å². The predicted molar refractivity (Wildman–Crippen MR) is 74.0 cm³/mol. The van der Waals surface area contributed by atoms with Crippen molar-refractivity contribution in [2.45, 2.75) is 12.8 Å². The Kier molecular flexibility index (Phi) is 5.95. The van der Waals surface area contributed by atoms with Gasteiger partial charge in [0.05, 0.1) is 6.61 Å². The number of rotatable bonds is 6. The highest BCUT2D eigenvalue weighted by molar-refractivity contribution is 5.94. The Hall–Kier alpha value is -1.26. The Morgan fingerprint density at radius 2 is 2.22 bits per heavy atom. The van der Waals surface area contributed by atoms with Crippen molar-refractivity contribution in [3.8, 4) is 0 Å². The zero-order chi connectivity index (χ0) is 12.1. The van der Waals surface area contributed by atoms with Gasteiger partial charge in [-0.2, -0.15) is 0 Å². The third-order valence-corrected chi connectivity index (χ3v) is 2.73. The molecular weight excluding hydrogens is 252 g/mol. The van der Waals surface area contributed by atoms with Crippen molar-refractivity contribution in [2.24, 2.45) is 5.92 Å². The Morgan fingerprint density at radius 3 is 2.89 bits per heavy atom. The minimum absolute atomic E-state index is 0. The Balaban J connectivity index is 0.00000162. The summed E-state index contributed by atoms with van der Waals surface area (Å²) in [7, 11) is 0. The second-order valence-corrected chi connectivity index (χ2v) is 4.40. The summed E-state index contributed by atoms with van der Waals surface area (Å²) in [6, 6.07) is 6.94. The van der Waals surface area contributed by atoms with Crippen LogP contribution in [0.1, 0.15) is 23.2 Å². The van der Waals surface area contributed by atoms with Crippen LogP contribution in [0.5, 0.6) is 0 Å². The van der Waals surface area contributed by atoms with E-state index in [9.17, 15) is 4.79 Å². The van der Waals surface area contributed by atoms with Crippen LogP contribution in [-0.4, -0.2) is 25.7 Å². The van der Waals surface area contributed by atoms with E-state index < -0.39 is 0 Å². The molecule has 0 heterocycles. The van der Waals surface area contributed by atoms with Gasteiger partial charge in [0.2, 0.25) is 0 Å². The lowest BCUT2D eigenvalue weighted by Gasteiger charge is -2.06. The van der Waals surface area contributed by atoms with Gasteiger partial charge in [-0.15, -0.1) is 12.4 Å². The van der Waals surface area contributed by atoms with Gasteiger partial charge < -0.3 is 15.8 Å². The number of amides is 1. The molecule has 1 aromatic carbocycles. The molecule has 1 aliphatic carbocycles. The van der Waals surface area contributed by atoms with E-state index in [0.717, 1.165) is 12.5 Å². The first-order valence-electron chi connectivity index (χ1n) is 5.97. The van der Waals surface area contributed by atoms with Crippen LogP contribution in [0.25, 0.3) is 0 Å². The molecule has 0 aromatic heterocycles. The van der Waals surface area contributed by atoms with Crippen molar-refractivity contribution >= 4 is 24.0 Å². The number of halogens is 1. The molecule has 0 spiro atoms. The highest BCUT2D eigenvalue weighted by atomic mass is 35.5. The minimum Gasteiger partial charge on any atom is -0.399 e. The summed E-state index contributed by atoms with van der Waals surface area (Å²) in [4.78, 5) is 11.7. The highest BCUT2D eigenvalue weighted by Gasteiger charge is 2.20. The molecule has 1 aliphatic rings. The zero-order valence-electron chi connectivity index (χ0n) is 10.2. The van der Waals surface area contributed by atoms with E-state index in [-0.39, 0.29) is 18.3 Å². The van der Waals surface area contributed by atoms with E-state index in [0.29, 0.717) is 24.4 Å². The summed E-state index contributed by atoms with van der Waals surface area (Å²) in [5.41, 5.74) is 6.80. The maximum absolute atomic E-state index is 11.7. The smallest absolute Gasteiger partial charge is 0.251 e. The SMILES string of the molecule is Cl.Nc1cccc(C(=O)NCCOCC2CC2)c1. The van der Waals surface area contributed by atoms with E-state index in [2.05, 4.69) is 5.32 Å². The minimum atomic E-state index is -0.104. The summed E-state index contributed by atoms with van der Waals surface area (Å²) in [5.74, 6) is 0.659. The molecule has 0 atom stereocenters. The lowest BCUT2D eigenvalue weighted by Crippen LogP contribution is -2.27. The average Bonchev–Trinajstić information content (AvgIpc) is 3.12. The number of carbonyl (C=O) groups excluding carboxylic acids is 1.